The summed E-state index contributed by atoms with van der Waals surface area (Å²) in [5, 5.41) is 12.2. The van der Waals surface area contributed by atoms with E-state index in [0.29, 0.717) is 13.0 Å². The number of ether oxygens (including phenoxy) is 1. The van der Waals surface area contributed by atoms with Gasteiger partial charge in [0.05, 0.1) is 5.60 Å². The monoisotopic (exact) mass is 229 g/mol. The number of hydrogen-bond acceptors (Lipinski definition) is 3. The quantitative estimate of drug-likeness (QED) is 0.698. The zero-order valence-electron chi connectivity index (χ0n) is 10.3. The summed E-state index contributed by atoms with van der Waals surface area (Å²) >= 11 is 0. The van der Waals surface area contributed by atoms with Crippen LogP contribution in [0.2, 0.25) is 0 Å². The highest BCUT2D eigenvalue weighted by molar-refractivity contribution is 5.73. The molecule has 16 heavy (non-hydrogen) atoms. The van der Waals surface area contributed by atoms with Crippen LogP contribution in [0.15, 0.2) is 0 Å². The number of rotatable bonds is 7. The van der Waals surface area contributed by atoms with E-state index in [2.05, 4.69) is 12.2 Å². The Kier molecular flexibility index (Phi) is 5.22. The molecule has 2 N–H and O–H groups in total. The van der Waals surface area contributed by atoms with Gasteiger partial charge in [0.2, 0.25) is 0 Å². The van der Waals surface area contributed by atoms with Gasteiger partial charge in [0.25, 0.3) is 0 Å². The molecule has 1 saturated heterocycles. The van der Waals surface area contributed by atoms with Gasteiger partial charge < -0.3 is 15.2 Å². The first-order valence-corrected chi connectivity index (χ1v) is 6.17. The Morgan fingerprint density at radius 2 is 2.38 bits per heavy atom. The smallest absolute Gasteiger partial charge is 0.320 e. The number of carboxylic acids is 1. The average Bonchev–Trinajstić information content (AvgIpc) is 2.65. The lowest BCUT2D eigenvalue weighted by molar-refractivity contribution is -0.140. The SMILES string of the molecule is CCCCC(NCC1(C)CCCO1)C(=O)O. The second-order valence-corrected chi connectivity index (χ2v) is 4.82. The lowest BCUT2D eigenvalue weighted by Crippen LogP contribution is -2.45. The third-order valence-corrected chi connectivity index (χ3v) is 3.17. The number of carboxylic acid groups (broad SMARTS) is 1. The lowest BCUT2D eigenvalue weighted by Gasteiger charge is -2.25. The standard InChI is InChI=1S/C12H23NO3/c1-3-4-6-10(11(14)15)13-9-12(2)7-5-8-16-12/h10,13H,3-9H2,1-2H3,(H,14,15). The Morgan fingerprint density at radius 1 is 1.62 bits per heavy atom. The largest absolute Gasteiger partial charge is 0.480 e. The summed E-state index contributed by atoms with van der Waals surface area (Å²) in [6.07, 6.45) is 4.76. The van der Waals surface area contributed by atoms with E-state index < -0.39 is 12.0 Å². The summed E-state index contributed by atoms with van der Waals surface area (Å²) in [5.74, 6) is -0.755. The second kappa shape index (κ2) is 6.21. The van der Waals surface area contributed by atoms with Gasteiger partial charge in [-0.05, 0) is 26.2 Å². The fourth-order valence-corrected chi connectivity index (χ4v) is 2.04. The van der Waals surface area contributed by atoms with Crippen molar-refractivity contribution in [2.24, 2.45) is 0 Å². The minimum atomic E-state index is -0.755. The maximum atomic E-state index is 11.0. The molecule has 0 aliphatic carbocycles. The molecule has 0 aromatic rings. The molecule has 1 aliphatic heterocycles. The summed E-state index contributed by atoms with van der Waals surface area (Å²) < 4.78 is 5.62. The molecule has 1 heterocycles. The van der Waals surface area contributed by atoms with Crippen LogP contribution in [0.3, 0.4) is 0 Å². The van der Waals surface area contributed by atoms with Gasteiger partial charge in [-0.3, -0.25) is 4.79 Å². The fraction of sp³-hybridized carbons (Fsp3) is 0.917. The second-order valence-electron chi connectivity index (χ2n) is 4.82. The first-order valence-electron chi connectivity index (χ1n) is 6.17. The van der Waals surface area contributed by atoms with Crippen molar-refractivity contribution in [3.63, 3.8) is 0 Å². The van der Waals surface area contributed by atoms with E-state index in [-0.39, 0.29) is 5.60 Å². The van der Waals surface area contributed by atoms with Gasteiger partial charge in [-0.25, -0.2) is 0 Å². The molecule has 2 unspecified atom stereocenters. The molecule has 1 rings (SSSR count). The molecule has 0 saturated carbocycles. The van der Waals surface area contributed by atoms with E-state index in [0.717, 1.165) is 32.3 Å². The van der Waals surface area contributed by atoms with Crippen LogP contribution < -0.4 is 5.32 Å². The van der Waals surface area contributed by atoms with Crippen LogP contribution in [0.4, 0.5) is 0 Å². The van der Waals surface area contributed by atoms with Crippen molar-refractivity contribution in [2.45, 2.75) is 57.6 Å². The third kappa shape index (κ3) is 4.10. The van der Waals surface area contributed by atoms with Gasteiger partial charge in [-0.1, -0.05) is 19.8 Å². The van der Waals surface area contributed by atoms with Crippen LogP contribution in [0.1, 0.15) is 46.0 Å². The maximum absolute atomic E-state index is 11.0. The van der Waals surface area contributed by atoms with E-state index in [1.54, 1.807) is 0 Å². The molecule has 0 aromatic heterocycles. The molecule has 4 heteroatoms. The molecule has 1 fully saturated rings. The topological polar surface area (TPSA) is 58.6 Å². The van der Waals surface area contributed by atoms with Crippen LogP contribution in [0, 0.1) is 0 Å². The number of hydrogen-bond donors (Lipinski definition) is 2. The zero-order valence-corrected chi connectivity index (χ0v) is 10.3. The van der Waals surface area contributed by atoms with Gasteiger partial charge >= 0.3 is 5.97 Å². The highest BCUT2D eigenvalue weighted by atomic mass is 16.5. The van der Waals surface area contributed by atoms with Crippen molar-refractivity contribution in [2.75, 3.05) is 13.2 Å². The van der Waals surface area contributed by atoms with Crippen molar-refractivity contribution < 1.29 is 14.6 Å². The van der Waals surface area contributed by atoms with Gasteiger partial charge in [0, 0.05) is 13.2 Å². The molecular weight excluding hydrogens is 206 g/mol. The summed E-state index contributed by atoms with van der Waals surface area (Å²) in [6, 6.07) is -0.430. The van der Waals surface area contributed by atoms with E-state index in [9.17, 15) is 4.79 Å². The van der Waals surface area contributed by atoms with Crippen LogP contribution in [-0.2, 0) is 9.53 Å². The average molecular weight is 229 g/mol. The molecule has 0 radical (unpaired) electrons. The fourth-order valence-electron chi connectivity index (χ4n) is 2.04. The van der Waals surface area contributed by atoms with E-state index in [4.69, 9.17) is 9.84 Å². The van der Waals surface area contributed by atoms with Crippen LogP contribution in [0.25, 0.3) is 0 Å². The van der Waals surface area contributed by atoms with Crippen molar-refractivity contribution in [3.8, 4) is 0 Å². The van der Waals surface area contributed by atoms with E-state index in [1.807, 2.05) is 6.92 Å². The molecule has 4 nitrogen and oxygen atoms in total. The maximum Gasteiger partial charge on any atom is 0.320 e. The van der Waals surface area contributed by atoms with Crippen molar-refractivity contribution in [3.05, 3.63) is 0 Å². The van der Waals surface area contributed by atoms with E-state index in [1.165, 1.54) is 0 Å². The highest BCUT2D eigenvalue weighted by Gasteiger charge is 2.31. The Labute approximate surface area is 97.4 Å². The number of carbonyl (C=O) groups is 1. The molecule has 0 bridgehead atoms. The predicted octanol–water partition coefficient (Wildman–Crippen LogP) is 1.79. The predicted molar refractivity (Wildman–Crippen MR) is 62.5 cm³/mol. The first kappa shape index (κ1) is 13.5. The summed E-state index contributed by atoms with van der Waals surface area (Å²) in [7, 11) is 0. The first-order chi connectivity index (χ1) is 7.57. The van der Waals surface area contributed by atoms with Gasteiger partial charge in [-0.15, -0.1) is 0 Å². The number of aliphatic carboxylic acids is 1. The van der Waals surface area contributed by atoms with Gasteiger partial charge in [0.15, 0.2) is 0 Å². The normalized spacial score (nSPS) is 26.9. The van der Waals surface area contributed by atoms with Gasteiger partial charge in [-0.2, -0.15) is 0 Å². The minimum absolute atomic E-state index is 0.167. The van der Waals surface area contributed by atoms with Crippen molar-refractivity contribution in [1.82, 2.24) is 5.32 Å². The summed E-state index contributed by atoms with van der Waals surface area (Å²) in [4.78, 5) is 11.0. The molecule has 0 amide bonds. The number of unbranched alkanes of at least 4 members (excludes halogenated alkanes) is 1. The van der Waals surface area contributed by atoms with Crippen molar-refractivity contribution in [1.29, 1.82) is 0 Å². The molecule has 2 atom stereocenters. The molecule has 0 spiro atoms. The van der Waals surface area contributed by atoms with Crippen LogP contribution in [-0.4, -0.2) is 35.9 Å². The highest BCUT2D eigenvalue weighted by Crippen LogP contribution is 2.24. The van der Waals surface area contributed by atoms with Crippen LogP contribution >= 0.6 is 0 Å². The number of nitrogens with one attached hydrogen (secondary N) is 1. The molecule has 94 valence electrons. The molecule has 1 aliphatic rings. The molecule has 0 aromatic carbocycles. The minimum Gasteiger partial charge on any atom is -0.480 e. The van der Waals surface area contributed by atoms with Gasteiger partial charge in [0.1, 0.15) is 6.04 Å². The van der Waals surface area contributed by atoms with E-state index >= 15 is 0 Å². The Morgan fingerprint density at radius 3 is 2.88 bits per heavy atom. The van der Waals surface area contributed by atoms with Crippen molar-refractivity contribution >= 4 is 5.97 Å². The zero-order chi connectivity index (χ0) is 12.0. The Balaban J connectivity index is 2.34. The molecular formula is C12H23NO3. The Hall–Kier alpha value is -0.610. The summed E-state index contributed by atoms with van der Waals surface area (Å²) in [5.41, 5.74) is -0.167. The van der Waals surface area contributed by atoms with Crippen LogP contribution in [0.5, 0.6) is 0 Å². The Bertz CT molecular complexity index is 224. The summed E-state index contributed by atoms with van der Waals surface area (Å²) in [6.45, 7) is 5.55. The lowest BCUT2D eigenvalue weighted by atomic mass is 10.0. The third-order valence-electron chi connectivity index (χ3n) is 3.17.